The molecule has 0 radical (unpaired) electrons. The molecule has 45 heavy (non-hydrogen) atoms. The van der Waals surface area contributed by atoms with Crippen LogP contribution in [-0.4, -0.2) is 37.7 Å². The first kappa shape index (κ1) is 31.5. The largest absolute Gasteiger partial charge is 0.460 e. The molecule has 3 aliphatic rings. The van der Waals surface area contributed by atoms with Crippen molar-refractivity contribution in [3.8, 4) is 0 Å². The van der Waals surface area contributed by atoms with Gasteiger partial charge in [0.15, 0.2) is 5.79 Å². The molecule has 1 aliphatic heterocycles. The van der Waals surface area contributed by atoms with Crippen LogP contribution in [0.25, 0.3) is 0 Å². The Morgan fingerprint density at radius 2 is 1.47 bits per heavy atom. The maximum atomic E-state index is 14.0. The molecule has 3 aromatic rings. The Balaban J connectivity index is 1.31. The maximum absolute atomic E-state index is 14.0. The number of hydrogen-bond donors (Lipinski definition) is 0. The molecule has 5 heteroatoms. The first-order valence-electron chi connectivity index (χ1n) is 16.5. The summed E-state index contributed by atoms with van der Waals surface area (Å²) in [5.74, 6) is -0.794. The Hall–Kier alpha value is -3.51. The quantitative estimate of drug-likeness (QED) is 0.118. The van der Waals surface area contributed by atoms with Gasteiger partial charge >= 0.3 is 5.97 Å². The minimum Gasteiger partial charge on any atom is -0.460 e. The zero-order chi connectivity index (χ0) is 31.3. The van der Waals surface area contributed by atoms with Gasteiger partial charge in [-0.25, -0.2) is 4.79 Å². The topological polar surface area (TPSA) is 54.0 Å². The third-order valence-corrected chi connectivity index (χ3v) is 10.3. The molecule has 236 valence electrons. The van der Waals surface area contributed by atoms with Crippen molar-refractivity contribution >= 4 is 5.97 Å². The second-order valence-corrected chi connectivity index (χ2v) is 13.2. The fourth-order valence-electron chi connectivity index (χ4n) is 8.69. The van der Waals surface area contributed by atoms with Crippen molar-refractivity contribution in [3.05, 3.63) is 132 Å². The van der Waals surface area contributed by atoms with Crippen LogP contribution in [0.1, 0.15) is 68.6 Å². The number of carbonyl (C=O) groups is 1. The number of ether oxygens (including phenoxy) is 4. The van der Waals surface area contributed by atoms with E-state index in [0.717, 1.165) is 60.8 Å². The number of esters is 1. The van der Waals surface area contributed by atoms with Crippen molar-refractivity contribution in [2.24, 2.45) is 17.3 Å². The summed E-state index contributed by atoms with van der Waals surface area (Å²) in [5.41, 5.74) is 2.85. The summed E-state index contributed by atoms with van der Waals surface area (Å²) in [6.45, 7) is 11.4. The zero-order valence-electron chi connectivity index (χ0n) is 26.5. The van der Waals surface area contributed by atoms with Gasteiger partial charge in [-0.3, -0.25) is 0 Å². The molecular weight excluding hydrogens is 560 g/mol. The van der Waals surface area contributed by atoms with Gasteiger partial charge in [-0.1, -0.05) is 109 Å². The van der Waals surface area contributed by atoms with Crippen LogP contribution in [0.4, 0.5) is 0 Å². The van der Waals surface area contributed by atoms with Crippen molar-refractivity contribution < 1.29 is 23.7 Å². The minimum atomic E-state index is -1.00. The van der Waals surface area contributed by atoms with E-state index >= 15 is 0 Å². The molecule has 0 N–H and O–H groups in total. The lowest BCUT2D eigenvalue weighted by Gasteiger charge is -2.50. The number of benzene rings is 3. The molecule has 1 spiro atoms. The van der Waals surface area contributed by atoms with E-state index < -0.39 is 11.4 Å². The normalized spacial score (nSPS) is 24.6. The Labute approximate surface area is 268 Å². The van der Waals surface area contributed by atoms with Gasteiger partial charge in [0.25, 0.3) is 0 Å². The van der Waals surface area contributed by atoms with Gasteiger partial charge in [0.05, 0.1) is 13.2 Å². The lowest BCUT2D eigenvalue weighted by molar-refractivity contribution is -0.227. The van der Waals surface area contributed by atoms with Crippen LogP contribution in [0.2, 0.25) is 0 Å². The first-order valence-corrected chi connectivity index (χ1v) is 16.5. The van der Waals surface area contributed by atoms with Gasteiger partial charge in [0.2, 0.25) is 0 Å². The van der Waals surface area contributed by atoms with E-state index in [1.165, 1.54) is 0 Å². The van der Waals surface area contributed by atoms with Crippen LogP contribution in [-0.2, 0) is 29.3 Å². The highest BCUT2D eigenvalue weighted by atomic mass is 16.7. The van der Waals surface area contributed by atoms with Gasteiger partial charge in [-0.05, 0) is 54.7 Å². The molecule has 2 aliphatic carbocycles. The Morgan fingerprint density at radius 1 is 0.911 bits per heavy atom. The minimum absolute atomic E-state index is 0.0360. The summed E-state index contributed by atoms with van der Waals surface area (Å²) < 4.78 is 26.2. The van der Waals surface area contributed by atoms with Crippen LogP contribution >= 0.6 is 0 Å². The van der Waals surface area contributed by atoms with Gasteiger partial charge < -0.3 is 18.9 Å². The molecule has 0 bridgehead atoms. The smallest absolute Gasteiger partial charge is 0.332 e. The zero-order valence-corrected chi connectivity index (χ0v) is 26.5. The molecule has 6 rings (SSSR count). The van der Waals surface area contributed by atoms with E-state index in [1.807, 2.05) is 67.6 Å². The molecule has 3 aromatic carbocycles. The highest BCUT2D eigenvalue weighted by molar-refractivity contribution is 5.71. The molecular formula is C40H46O5. The molecule has 1 saturated heterocycles. The van der Waals surface area contributed by atoms with Crippen LogP contribution < -0.4 is 0 Å². The number of carbonyl (C=O) groups excluding carboxylic acids is 1. The fraction of sp³-hybridized carbons (Fsp3) is 0.425. The predicted octanol–water partition coefficient (Wildman–Crippen LogP) is 8.39. The SMILES string of the molecule is C=CCC12CCCC([C@H](CC(=C)C)OC(=O)COC(c3ccccc3)(c3ccccc3)c3ccccc3)C1C1(CC2)OCCO1. The van der Waals surface area contributed by atoms with Gasteiger partial charge in [0, 0.05) is 24.7 Å². The molecule has 0 amide bonds. The second-order valence-electron chi connectivity index (χ2n) is 13.2. The summed E-state index contributed by atoms with van der Waals surface area (Å²) in [4.78, 5) is 14.0. The van der Waals surface area contributed by atoms with Crippen molar-refractivity contribution in [1.82, 2.24) is 0 Å². The van der Waals surface area contributed by atoms with Crippen LogP contribution in [0.5, 0.6) is 0 Å². The van der Waals surface area contributed by atoms with Crippen LogP contribution in [0.15, 0.2) is 116 Å². The third-order valence-electron chi connectivity index (χ3n) is 10.3. The fourth-order valence-corrected chi connectivity index (χ4v) is 8.69. The molecule has 0 aromatic heterocycles. The summed E-state index contributed by atoms with van der Waals surface area (Å²) in [7, 11) is 0. The van der Waals surface area contributed by atoms with E-state index in [4.69, 9.17) is 18.9 Å². The summed E-state index contributed by atoms with van der Waals surface area (Å²) >= 11 is 0. The Morgan fingerprint density at radius 3 is 1.98 bits per heavy atom. The summed E-state index contributed by atoms with van der Waals surface area (Å²) in [6.07, 6.45) is 8.23. The predicted molar refractivity (Wildman–Crippen MR) is 176 cm³/mol. The number of hydrogen-bond acceptors (Lipinski definition) is 5. The maximum Gasteiger partial charge on any atom is 0.332 e. The molecule has 3 unspecified atom stereocenters. The monoisotopic (exact) mass is 606 g/mol. The Kier molecular flexibility index (Phi) is 9.41. The molecule has 5 nitrogen and oxygen atoms in total. The number of allylic oxidation sites excluding steroid dienone is 1. The van der Waals surface area contributed by atoms with Gasteiger partial charge in [-0.2, -0.15) is 0 Å². The van der Waals surface area contributed by atoms with Crippen LogP contribution in [0, 0.1) is 17.3 Å². The third kappa shape index (κ3) is 6.06. The van der Waals surface area contributed by atoms with Crippen molar-refractivity contribution in [1.29, 1.82) is 0 Å². The number of rotatable bonds is 12. The summed E-state index contributed by atoms with van der Waals surface area (Å²) in [5, 5.41) is 0. The highest BCUT2D eigenvalue weighted by Gasteiger charge is 2.64. The summed E-state index contributed by atoms with van der Waals surface area (Å²) in [6, 6.07) is 30.3. The van der Waals surface area contributed by atoms with Gasteiger partial charge in [-0.15, -0.1) is 13.2 Å². The van der Waals surface area contributed by atoms with Crippen molar-refractivity contribution in [3.63, 3.8) is 0 Å². The van der Waals surface area contributed by atoms with Gasteiger partial charge in [0.1, 0.15) is 18.3 Å². The van der Waals surface area contributed by atoms with Crippen LogP contribution in [0.3, 0.4) is 0 Å². The molecule has 3 fully saturated rings. The molecule has 1 heterocycles. The highest BCUT2D eigenvalue weighted by Crippen LogP contribution is 2.64. The molecule has 4 atom stereocenters. The second kappa shape index (κ2) is 13.5. The van der Waals surface area contributed by atoms with Crippen molar-refractivity contribution in [2.75, 3.05) is 19.8 Å². The lowest BCUT2D eigenvalue weighted by atomic mass is 9.59. The van der Waals surface area contributed by atoms with E-state index in [9.17, 15) is 4.79 Å². The molecule has 2 saturated carbocycles. The average Bonchev–Trinajstić information content (AvgIpc) is 3.67. The van der Waals surface area contributed by atoms with E-state index in [2.05, 4.69) is 49.6 Å². The first-order chi connectivity index (χ1) is 21.9. The lowest BCUT2D eigenvalue weighted by Crippen LogP contribution is -2.51. The average molecular weight is 607 g/mol. The van der Waals surface area contributed by atoms with E-state index in [0.29, 0.717) is 19.6 Å². The van der Waals surface area contributed by atoms with E-state index in [1.54, 1.807) is 0 Å². The number of fused-ring (bicyclic) bond motifs is 2. The Bertz CT molecular complexity index is 1350. The van der Waals surface area contributed by atoms with E-state index in [-0.39, 0.29) is 35.9 Å². The van der Waals surface area contributed by atoms with Crippen molar-refractivity contribution in [2.45, 2.75) is 69.4 Å². The standard InChI is InChI=1S/C40H46O5/c1-4-22-38-23-14-21-34(37(38)39(25-24-38)42-26-27-43-39)35(28-30(2)3)45-36(41)29-44-40(31-15-8-5-9-16-31,32-17-10-6-11-18-32)33-19-12-7-13-20-33/h4-13,15-20,34-35,37H,1-2,14,21-29H2,3H3/t34?,35-,37?,38?/m0/s1.